The van der Waals surface area contributed by atoms with E-state index in [0.29, 0.717) is 11.0 Å². The third-order valence-electron chi connectivity index (χ3n) is 4.50. The smallest absolute Gasteiger partial charge is 0.332 e. The van der Waals surface area contributed by atoms with Crippen molar-refractivity contribution in [2.45, 2.75) is 46.5 Å². The van der Waals surface area contributed by atoms with Gasteiger partial charge in [-0.15, -0.1) is 0 Å². The Labute approximate surface area is 142 Å². The molecule has 0 aliphatic rings. The standard InChI is InChI=1S/C18H28N4O2/c1-6-8-10-22(11-9-7-2)15-13(3)12-19-16-14(15)17(23)21(5)18(24)20(16)4/h12H,6-11H2,1-5H3. The largest absolute Gasteiger partial charge is 0.371 e. The molecule has 0 bridgehead atoms. The van der Waals surface area contributed by atoms with E-state index in [1.165, 1.54) is 16.2 Å². The van der Waals surface area contributed by atoms with Crippen LogP contribution in [0.15, 0.2) is 15.8 Å². The molecule has 0 saturated carbocycles. The minimum Gasteiger partial charge on any atom is -0.371 e. The Morgan fingerprint density at radius 2 is 1.62 bits per heavy atom. The van der Waals surface area contributed by atoms with E-state index in [1.54, 1.807) is 13.2 Å². The first-order valence-electron chi connectivity index (χ1n) is 8.74. The molecule has 2 heterocycles. The number of hydrogen-bond donors (Lipinski definition) is 0. The first kappa shape index (κ1) is 18.2. The molecular formula is C18H28N4O2. The van der Waals surface area contributed by atoms with Gasteiger partial charge in [0, 0.05) is 33.4 Å². The van der Waals surface area contributed by atoms with Crippen LogP contribution < -0.4 is 16.1 Å². The molecule has 0 fully saturated rings. The lowest BCUT2D eigenvalue weighted by atomic mass is 10.1. The SMILES string of the molecule is CCCCN(CCCC)c1c(C)cnc2c1c(=O)n(C)c(=O)n2C. The molecule has 0 amide bonds. The van der Waals surface area contributed by atoms with Crippen molar-refractivity contribution in [2.75, 3.05) is 18.0 Å². The number of anilines is 1. The maximum Gasteiger partial charge on any atom is 0.332 e. The summed E-state index contributed by atoms with van der Waals surface area (Å²) >= 11 is 0. The van der Waals surface area contributed by atoms with Gasteiger partial charge >= 0.3 is 5.69 Å². The van der Waals surface area contributed by atoms with Gasteiger partial charge in [-0.2, -0.15) is 0 Å². The summed E-state index contributed by atoms with van der Waals surface area (Å²) in [4.78, 5) is 31.7. The van der Waals surface area contributed by atoms with Gasteiger partial charge in [0.15, 0.2) is 5.65 Å². The van der Waals surface area contributed by atoms with E-state index in [-0.39, 0.29) is 11.2 Å². The van der Waals surface area contributed by atoms with E-state index >= 15 is 0 Å². The molecule has 6 nitrogen and oxygen atoms in total. The molecule has 0 aliphatic carbocycles. The van der Waals surface area contributed by atoms with E-state index in [9.17, 15) is 9.59 Å². The Balaban J connectivity index is 2.77. The van der Waals surface area contributed by atoms with E-state index in [4.69, 9.17) is 0 Å². The molecule has 6 heteroatoms. The number of aryl methyl sites for hydroxylation is 2. The third-order valence-corrected chi connectivity index (χ3v) is 4.50. The highest BCUT2D eigenvalue weighted by atomic mass is 16.2. The summed E-state index contributed by atoms with van der Waals surface area (Å²) in [5.41, 5.74) is 1.76. The summed E-state index contributed by atoms with van der Waals surface area (Å²) in [6.07, 6.45) is 6.10. The molecule has 0 aromatic carbocycles. The predicted octanol–water partition coefficient (Wildman–Crippen LogP) is 2.35. The number of aromatic nitrogens is 3. The summed E-state index contributed by atoms with van der Waals surface area (Å²) in [5, 5.41) is 0.548. The molecule has 0 radical (unpaired) electrons. The number of hydrogen-bond acceptors (Lipinski definition) is 4. The Morgan fingerprint density at radius 3 is 2.17 bits per heavy atom. The zero-order valence-electron chi connectivity index (χ0n) is 15.4. The predicted molar refractivity (Wildman–Crippen MR) is 99.0 cm³/mol. The first-order valence-corrected chi connectivity index (χ1v) is 8.74. The molecule has 2 rings (SSSR count). The molecule has 0 unspecified atom stereocenters. The molecule has 0 spiro atoms. The molecule has 0 N–H and O–H groups in total. The summed E-state index contributed by atoms with van der Waals surface area (Å²) in [6.45, 7) is 8.12. The van der Waals surface area contributed by atoms with Crippen molar-refractivity contribution in [3.63, 3.8) is 0 Å². The summed E-state index contributed by atoms with van der Waals surface area (Å²) in [5.74, 6) is 0. The van der Waals surface area contributed by atoms with Crippen LogP contribution in [0.1, 0.15) is 45.1 Å². The van der Waals surface area contributed by atoms with Gasteiger partial charge in [0.25, 0.3) is 5.56 Å². The fraction of sp³-hybridized carbons (Fsp3) is 0.611. The van der Waals surface area contributed by atoms with Gasteiger partial charge in [-0.25, -0.2) is 9.78 Å². The zero-order valence-corrected chi connectivity index (χ0v) is 15.4. The van der Waals surface area contributed by atoms with Crippen LogP contribution in [0.3, 0.4) is 0 Å². The second kappa shape index (κ2) is 7.64. The number of nitrogens with zero attached hydrogens (tertiary/aromatic N) is 4. The van der Waals surface area contributed by atoms with E-state index in [2.05, 4.69) is 23.7 Å². The van der Waals surface area contributed by atoms with E-state index in [1.807, 2.05) is 6.92 Å². The average molecular weight is 332 g/mol. The minimum absolute atomic E-state index is 0.266. The monoisotopic (exact) mass is 332 g/mol. The van der Waals surface area contributed by atoms with E-state index in [0.717, 1.165) is 50.0 Å². The molecule has 0 saturated heterocycles. The Morgan fingerprint density at radius 1 is 1.04 bits per heavy atom. The molecule has 2 aromatic rings. The molecule has 0 atom stereocenters. The van der Waals surface area contributed by atoms with Gasteiger partial charge in [0.05, 0.1) is 5.69 Å². The van der Waals surface area contributed by atoms with Crippen molar-refractivity contribution < 1.29 is 0 Å². The average Bonchev–Trinajstić information content (AvgIpc) is 2.58. The van der Waals surface area contributed by atoms with Gasteiger partial charge in [-0.3, -0.25) is 13.9 Å². The summed E-state index contributed by atoms with van der Waals surface area (Å²) in [7, 11) is 3.19. The fourth-order valence-electron chi connectivity index (χ4n) is 3.05. The highest BCUT2D eigenvalue weighted by Gasteiger charge is 2.19. The second-order valence-corrected chi connectivity index (χ2v) is 6.39. The van der Waals surface area contributed by atoms with Gasteiger partial charge < -0.3 is 4.90 Å². The lowest BCUT2D eigenvalue weighted by Crippen LogP contribution is -2.38. The van der Waals surface area contributed by atoms with Gasteiger partial charge in [-0.1, -0.05) is 26.7 Å². The Hall–Kier alpha value is -2.11. The fourth-order valence-corrected chi connectivity index (χ4v) is 3.05. The topological polar surface area (TPSA) is 60.1 Å². The molecule has 24 heavy (non-hydrogen) atoms. The van der Waals surface area contributed by atoms with Crippen molar-refractivity contribution in [3.8, 4) is 0 Å². The number of rotatable bonds is 7. The van der Waals surface area contributed by atoms with Crippen LogP contribution in [-0.4, -0.2) is 27.2 Å². The van der Waals surface area contributed by atoms with E-state index < -0.39 is 0 Å². The van der Waals surface area contributed by atoms with Crippen LogP contribution in [0.5, 0.6) is 0 Å². The Bertz CT molecular complexity index is 827. The highest BCUT2D eigenvalue weighted by molar-refractivity contribution is 5.90. The molecule has 2 aromatic heterocycles. The zero-order chi connectivity index (χ0) is 17.9. The first-order chi connectivity index (χ1) is 11.4. The lowest BCUT2D eigenvalue weighted by Gasteiger charge is -2.27. The Kier molecular flexibility index (Phi) is 5.80. The van der Waals surface area contributed by atoms with Gasteiger partial charge in [0.2, 0.25) is 0 Å². The van der Waals surface area contributed by atoms with Crippen molar-refractivity contribution >= 4 is 16.7 Å². The van der Waals surface area contributed by atoms with Gasteiger partial charge in [0.1, 0.15) is 5.39 Å². The number of fused-ring (bicyclic) bond motifs is 1. The summed E-state index contributed by atoms with van der Waals surface area (Å²) in [6, 6.07) is 0. The van der Waals surface area contributed by atoms with Gasteiger partial charge in [-0.05, 0) is 25.3 Å². The molecular weight excluding hydrogens is 304 g/mol. The normalized spacial score (nSPS) is 11.2. The van der Waals surface area contributed by atoms with Crippen LogP contribution in [0.25, 0.3) is 11.0 Å². The van der Waals surface area contributed by atoms with Crippen molar-refractivity contribution in [1.82, 2.24) is 14.1 Å². The van der Waals surface area contributed by atoms with Crippen LogP contribution in [0.2, 0.25) is 0 Å². The molecule has 0 aliphatic heterocycles. The minimum atomic E-state index is -0.344. The van der Waals surface area contributed by atoms with Crippen LogP contribution >= 0.6 is 0 Å². The maximum atomic E-state index is 12.8. The van der Waals surface area contributed by atoms with Crippen molar-refractivity contribution in [2.24, 2.45) is 14.1 Å². The lowest BCUT2D eigenvalue weighted by molar-refractivity contribution is 0.674. The summed E-state index contributed by atoms with van der Waals surface area (Å²) < 4.78 is 2.63. The molecule has 132 valence electrons. The highest BCUT2D eigenvalue weighted by Crippen LogP contribution is 2.27. The number of pyridine rings is 1. The second-order valence-electron chi connectivity index (χ2n) is 6.39. The maximum absolute atomic E-state index is 12.8. The van der Waals surface area contributed by atoms with Crippen LogP contribution in [0, 0.1) is 6.92 Å². The third kappa shape index (κ3) is 3.23. The quantitative estimate of drug-likeness (QED) is 0.781. The van der Waals surface area contributed by atoms with Crippen LogP contribution in [-0.2, 0) is 14.1 Å². The van der Waals surface area contributed by atoms with Crippen molar-refractivity contribution in [1.29, 1.82) is 0 Å². The van der Waals surface area contributed by atoms with Crippen molar-refractivity contribution in [3.05, 3.63) is 32.6 Å². The number of unbranched alkanes of at least 4 members (excludes halogenated alkanes) is 2. The van der Waals surface area contributed by atoms with Crippen LogP contribution in [0.4, 0.5) is 5.69 Å².